The molecule has 1 fully saturated rings. The summed E-state index contributed by atoms with van der Waals surface area (Å²) >= 11 is 0. The highest BCUT2D eigenvalue weighted by Gasteiger charge is 2.16. The van der Waals surface area contributed by atoms with E-state index >= 15 is 0 Å². The number of oxazole rings is 1. The number of aryl methyl sites for hydroxylation is 1. The van der Waals surface area contributed by atoms with Crippen LogP contribution in [0, 0.1) is 6.92 Å². The van der Waals surface area contributed by atoms with Crippen molar-refractivity contribution in [1.82, 2.24) is 19.9 Å². The fourth-order valence-electron chi connectivity index (χ4n) is 3.50. The maximum Gasteiger partial charge on any atom is 0.420 e. The molecule has 1 aliphatic rings. The lowest BCUT2D eigenvalue weighted by molar-refractivity contribution is -0.121. The minimum atomic E-state index is -0.540. The fraction of sp³-hybridized carbons (Fsp3) is 0.400. The van der Waals surface area contributed by atoms with Crippen LogP contribution in [-0.4, -0.2) is 33.5 Å². The Kier molecular flexibility index (Phi) is 5.10. The van der Waals surface area contributed by atoms with Crippen molar-refractivity contribution in [3.8, 4) is 0 Å². The second-order valence-corrected chi connectivity index (χ2v) is 7.05. The maximum atomic E-state index is 12.4. The van der Waals surface area contributed by atoms with Gasteiger partial charge in [0.25, 0.3) is 0 Å². The molecule has 0 bridgehead atoms. The van der Waals surface area contributed by atoms with Gasteiger partial charge in [-0.25, -0.2) is 14.8 Å². The first-order chi connectivity index (χ1) is 13.6. The standard InChI is InChI=1S/C20H23N5O3/c1-14-11-15(23-19(22-14)24-9-5-2-6-10-24)12-21-18(26)13-25-16-7-3-4-8-17(16)28-20(25)27/h3-4,7-8,11H,2,5-6,9-10,12-13H2,1H3,(H,21,26). The Labute approximate surface area is 162 Å². The van der Waals surface area contributed by atoms with E-state index in [-0.39, 0.29) is 19.0 Å². The van der Waals surface area contributed by atoms with E-state index in [1.54, 1.807) is 24.3 Å². The van der Waals surface area contributed by atoms with E-state index in [4.69, 9.17) is 4.42 Å². The topological polar surface area (TPSA) is 93.3 Å². The lowest BCUT2D eigenvalue weighted by Crippen LogP contribution is -2.32. The molecule has 28 heavy (non-hydrogen) atoms. The lowest BCUT2D eigenvalue weighted by atomic mass is 10.1. The summed E-state index contributed by atoms with van der Waals surface area (Å²) in [5.74, 6) is -0.0907. The van der Waals surface area contributed by atoms with E-state index < -0.39 is 5.76 Å². The summed E-state index contributed by atoms with van der Waals surface area (Å²) in [6, 6.07) is 8.92. The lowest BCUT2D eigenvalue weighted by Gasteiger charge is -2.27. The number of nitrogens with one attached hydrogen (secondary N) is 1. The van der Waals surface area contributed by atoms with Crippen LogP contribution in [0.15, 0.2) is 39.5 Å². The van der Waals surface area contributed by atoms with Crippen molar-refractivity contribution in [2.75, 3.05) is 18.0 Å². The Bertz CT molecular complexity index is 1050. The molecule has 3 heterocycles. The molecule has 1 N–H and O–H groups in total. The Morgan fingerprint density at radius 1 is 1.18 bits per heavy atom. The van der Waals surface area contributed by atoms with E-state index in [1.807, 2.05) is 13.0 Å². The molecule has 3 aromatic rings. The summed E-state index contributed by atoms with van der Waals surface area (Å²) in [4.78, 5) is 35.7. The number of benzene rings is 1. The van der Waals surface area contributed by atoms with Crippen LogP contribution in [0.1, 0.15) is 30.7 Å². The summed E-state index contributed by atoms with van der Waals surface area (Å²) in [7, 11) is 0. The molecule has 0 aliphatic carbocycles. The van der Waals surface area contributed by atoms with Gasteiger partial charge in [-0.2, -0.15) is 0 Å². The zero-order valence-corrected chi connectivity index (χ0v) is 15.9. The van der Waals surface area contributed by atoms with E-state index in [0.29, 0.717) is 11.1 Å². The summed E-state index contributed by atoms with van der Waals surface area (Å²) in [5, 5.41) is 2.84. The zero-order chi connectivity index (χ0) is 19.5. The third-order valence-corrected chi connectivity index (χ3v) is 4.88. The molecular formula is C20H23N5O3. The minimum absolute atomic E-state index is 0.0983. The normalized spacial score (nSPS) is 14.4. The van der Waals surface area contributed by atoms with Gasteiger partial charge in [-0.05, 0) is 44.4 Å². The van der Waals surface area contributed by atoms with Crippen molar-refractivity contribution in [2.45, 2.75) is 39.3 Å². The number of nitrogens with zero attached hydrogens (tertiary/aromatic N) is 4. The van der Waals surface area contributed by atoms with Crippen molar-refractivity contribution in [3.05, 3.63) is 52.3 Å². The number of para-hydroxylation sites is 2. The monoisotopic (exact) mass is 381 g/mol. The third kappa shape index (κ3) is 3.90. The van der Waals surface area contributed by atoms with Crippen LogP contribution >= 0.6 is 0 Å². The van der Waals surface area contributed by atoms with Gasteiger partial charge in [0, 0.05) is 18.8 Å². The van der Waals surface area contributed by atoms with Crippen LogP contribution in [0.2, 0.25) is 0 Å². The van der Waals surface area contributed by atoms with Crippen LogP contribution in [0.25, 0.3) is 11.1 Å². The minimum Gasteiger partial charge on any atom is -0.408 e. The smallest absolute Gasteiger partial charge is 0.408 e. The van der Waals surface area contributed by atoms with Crippen molar-refractivity contribution < 1.29 is 9.21 Å². The Morgan fingerprint density at radius 2 is 1.96 bits per heavy atom. The average Bonchev–Trinajstić information content (AvgIpc) is 3.02. The number of fused-ring (bicyclic) bond motifs is 1. The maximum absolute atomic E-state index is 12.4. The van der Waals surface area contributed by atoms with Crippen LogP contribution in [0.4, 0.5) is 5.95 Å². The van der Waals surface area contributed by atoms with Gasteiger partial charge in [-0.3, -0.25) is 9.36 Å². The molecule has 2 aromatic heterocycles. The molecule has 0 spiro atoms. The van der Waals surface area contributed by atoms with Gasteiger partial charge in [-0.1, -0.05) is 12.1 Å². The highest BCUT2D eigenvalue weighted by Crippen LogP contribution is 2.17. The predicted octanol–water partition coefficient (Wildman–Crippen LogP) is 2.00. The summed E-state index contributed by atoms with van der Waals surface area (Å²) in [6.45, 7) is 4.04. The number of rotatable bonds is 5. The molecule has 0 radical (unpaired) electrons. The van der Waals surface area contributed by atoms with E-state index in [1.165, 1.54) is 11.0 Å². The average molecular weight is 381 g/mol. The van der Waals surface area contributed by atoms with E-state index in [9.17, 15) is 9.59 Å². The molecule has 0 unspecified atom stereocenters. The van der Waals surface area contributed by atoms with Crippen molar-refractivity contribution in [1.29, 1.82) is 0 Å². The summed E-state index contributed by atoms with van der Waals surface area (Å²) in [5.41, 5.74) is 2.70. The fourth-order valence-corrected chi connectivity index (χ4v) is 3.50. The van der Waals surface area contributed by atoms with Gasteiger partial charge in [0.15, 0.2) is 5.58 Å². The molecule has 8 nitrogen and oxygen atoms in total. The Hall–Kier alpha value is -3.16. The molecule has 0 atom stereocenters. The Morgan fingerprint density at radius 3 is 2.79 bits per heavy atom. The summed E-state index contributed by atoms with van der Waals surface area (Å²) in [6.07, 6.45) is 3.54. The van der Waals surface area contributed by atoms with E-state index in [0.717, 1.165) is 43.3 Å². The van der Waals surface area contributed by atoms with Gasteiger partial charge >= 0.3 is 5.76 Å². The number of hydrogen-bond acceptors (Lipinski definition) is 6. The third-order valence-electron chi connectivity index (χ3n) is 4.88. The molecule has 8 heteroatoms. The number of amides is 1. The molecule has 1 aromatic carbocycles. The zero-order valence-electron chi connectivity index (χ0n) is 15.9. The van der Waals surface area contributed by atoms with Crippen molar-refractivity contribution in [2.24, 2.45) is 0 Å². The largest absolute Gasteiger partial charge is 0.420 e. The molecule has 1 amide bonds. The number of piperidine rings is 1. The first-order valence-corrected chi connectivity index (χ1v) is 9.55. The van der Waals surface area contributed by atoms with Gasteiger partial charge in [0.05, 0.1) is 17.8 Å². The molecule has 1 saturated heterocycles. The SMILES string of the molecule is Cc1cc(CNC(=O)Cn2c(=O)oc3ccccc32)nc(N2CCCCC2)n1. The molecule has 1 aliphatic heterocycles. The molecular weight excluding hydrogens is 358 g/mol. The first-order valence-electron chi connectivity index (χ1n) is 9.55. The number of aromatic nitrogens is 3. The number of carbonyl (C=O) groups is 1. The highest BCUT2D eigenvalue weighted by atomic mass is 16.4. The number of carbonyl (C=O) groups excluding carboxylic acids is 1. The van der Waals surface area contributed by atoms with Gasteiger partial charge in [0.2, 0.25) is 11.9 Å². The Balaban J connectivity index is 1.44. The highest BCUT2D eigenvalue weighted by molar-refractivity contribution is 5.79. The van der Waals surface area contributed by atoms with Gasteiger partial charge in [-0.15, -0.1) is 0 Å². The second kappa shape index (κ2) is 7.84. The van der Waals surface area contributed by atoms with E-state index in [2.05, 4.69) is 20.2 Å². The van der Waals surface area contributed by atoms with Crippen LogP contribution in [-0.2, 0) is 17.9 Å². The first kappa shape index (κ1) is 18.2. The van der Waals surface area contributed by atoms with Gasteiger partial charge in [0.1, 0.15) is 6.54 Å². The van der Waals surface area contributed by atoms with Crippen LogP contribution in [0.5, 0.6) is 0 Å². The quantitative estimate of drug-likeness (QED) is 0.727. The molecule has 4 rings (SSSR count). The van der Waals surface area contributed by atoms with Crippen molar-refractivity contribution >= 4 is 23.0 Å². The van der Waals surface area contributed by atoms with Crippen LogP contribution in [0.3, 0.4) is 0 Å². The van der Waals surface area contributed by atoms with Gasteiger partial charge < -0.3 is 14.6 Å². The van der Waals surface area contributed by atoms with Crippen LogP contribution < -0.4 is 16.0 Å². The molecule has 0 saturated carbocycles. The number of anilines is 1. The predicted molar refractivity (Wildman–Crippen MR) is 105 cm³/mol. The molecule has 146 valence electrons. The number of hydrogen-bond donors (Lipinski definition) is 1. The summed E-state index contributed by atoms with van der Waals surface area (Å²) < 4.78 is 6.49. The second-order valence-electron chi connectivity index (χ2n) is 7.05. The van der Waals surface area contributed by atoms with Crippen molar-refractivity contribution in [3.63, 3.8) is 0 Å².